The number of hydrogen-bond acceptors (Lipinski definition) is 3. The van der Waals surface area contributed by atoms with Gasteiger partial charge in [-0.2, -0.15) is 0 Å². The molecule has 0 saturated heterocycles. The van der Waals surface area contributed by atoms with E-state index < -0.39 is 0 Å². The van der Waals surface area contributed by atoms with E-state index in [2.05, 4.69) is 58.5 Å². The fourth-order valence-corrected chi connectivity index (χ4v) is 4.00. The van der Waals surface area contributed by atoms with Gasteiger partial charge >= 0.3 is 0 Å². The van der Waals surface area contributed by atoms with Crippen LogP contribution in [0.1, 0.15) is 38.2 Å². The van der Waals surface area contributed by atoms with Crippen LogP contribution in [-0.2, 0) is 13.0 Å². The molecule has 4 nitrogen and oxygen atoms in total. The number of aryl methyl sites for hydroxylation is 3. The highest BCUT2D eigenvalue weighted by molar-refractivity contribution is 6.05. The Hall–Kier alpha value is -3.14. The standard InChI is InChI=1S/C24H25N3O/c1-16-10-17(2)23(18(3)11-16)26-24(28)21-12-22(14-25-13-21)27-9-8-19-6-4-5-7-20(19)15-27/h4-7,10-14H,8-9,15H2,1-3H3,(H,26,28). The summed E-state index contributed by atoms with van der Waals surface area (Å²) >= 11 is 0. The summed E-state index contributed by atoms with van der Waals surface area (Å²) in [5, 5.41) is 3.07. The van der Waals surface area contributed by atoms with E-state index in [4.69, 9.17) is 0 Å². The van der Waals surface area contributed by atoms with Gasteiger partial charge < -0.3 is 10.2 Å². The van der Waals surface area contributed by atoms with Crippen molar-refractivity contribution in [1.29, 1.82) is 0 Å². The molecule has 28 heavy (non-hydrogen) atoms. The first-order chi connectivity index (χ1) is 13.5. The average Bonchev–Trinajstić information content (AvgIpc) is 2.70. The van der Waals surface area contributed by atoms with Crippen LogP contribution in [0.25, 0.3) is 0 Å². The first-order valence-electron chi connectivity index (χ1n) is 9.67. The number of anilines is 2. The molecule has 1 aliphatic heterocycles. The molecule has 0 saturated carbocycles. The Labute approximate surface area is 166 Å². The first-order valence-corrected chi connectivity index (χ1v) is 9.67. The molecule has 0 radical (unpaired) electrons. The first kappa shape index (κ1) is 18.2. The molecule has 1 aromatic heterocycles. The summed E-state index contributed by atoms with van der Waals surface area (Å²) in [5.41, 5.74) is 8.54. The Balaban J connectivity index is 1.55. The van der Waals surface area contributed by atoms with Crippen LogP contribution in [0.4, 0.5) is 11.4 Å². The van der Waals surface area contributed by atoms with E-state index in [1.165, 1.54) is 16.7 Å². The number of carbonyl (C=O) groups excluding carboxylic acids is 1. The Kier molecular flexibility index (Phi) is 4.86. The summed E-state index contributed by atoms with van der Waals surface area (Å²) in [6.07, 6.45) is 4.48. The maximum Gasteiger partial charge on any atom is 0.257 e. The second kappa shape index (κ2) is 7.47. The molecule has 0 atom stereocenters. The van der Waals surface area contributed by atoms with Crippen molar-refractivity contribution in [1.82, 2.24) is 4.98 Å². The van der Waals surface area contributed by atoms with Gasteiger partial charge in [0.2, 0.25) is 0 Å². The van der Waals surface area contributed by atoms with E-state index in [0.717, 1.165) is 42.0 Å². The van der Waals surface area contributed by atoms with Crippen molar-refractivity contribution in [3.63, 3.8) is 0 Å². The highest BCUT2D eigenvalue weighted by Crippen LogP contribution is 2.26. The maximum atomic E-state index is 12.9. The summed E-state index contributed by atoms with van der Waals surface area (Å²) in [5.74, 6) is -0.123. The molecular weight excluding hydrogens is 346 g/mol. The second-order valence-corrected chi connectivity index (χ2v) is 7.60. The molecule has 1 aliphatic rings. The summed E-state index contributed by atoms with van der Waals surface area (Å²) < 4.78 is 0. The number of benzene rings is 2. The predicted octanol–water partition coefficient (Wildman–Crippen LogP) is 4.82. The van der Waals surface area contributed by atoms with Crippen molar-refractivity contribution < 1.29 is 4.79 Å². The number of nitrogens with one attached hydrogen (secondary N) is 1. The maximum absolute atomic E-state index is 12.9. The molecule has 4 heteroatoms. The Morgan fingerprint density at radius 1 is 1.00 bits per heavy atom. The molecule has 4 rings (SSSR count). The third kappa shape index (κ3) is 3.63. The number of nitrogens with zero attached hydrogens (tertiary/aromatic N) is 2. The summed E-state index contributed by atoms with van der Waals surface area (Å²) in [6.45, 7) is 7.89. The molecule has 0 aliphatic carbocycles. The zero-order valence-corrected chi connectivity index (χ0v) is 16.6. The molecule has 0 spiro atoms. The third-order valence-corrected chi connectivity index (χ3v) is 5.40. The van der Waals surface area contributed by atoms with Gasteiger partial charge in [-0.1, -0.05) is 42.0 Å². The van der Waals surface area contributed by atoms with Crippen LogP contribution >= 0.6 is 0 Å². The number of hydrogen-bond donors (Lipinski definition) is 1. The van der Waals surface area contributed by atoms with Gasteiger partial charge in [0.25, 0.3) is 5.91 Å². The summed E-state index contributed by atoms with van der Waals surface area (Å²) in [4.78, 5) is 19.5. The number of rotatable bonds is 3. The highest BCUT2D eigenvalue weighted by Gasteiger charge is 2.18. The zero-order chi connectivity index (χ0) is 19.7. The van der Waals surface area contributed by atoms with Crippen LogP contribution in [-0.4, -0.2) is 17.4 Å². The van der Waals surface area contributed by atoms with Gasteiger partial charge in [-0.25, -0.2) is 0 Å². The minimum Gasteiger partial charge on any atom is -0.366 e. The Morgan fingerprint density at radius 3 is 2.46 bits per heavy atom. The molecule has 2 heterocycles. The second-order valence-electron chi connectivity index (χ2n) is 7.60. The van der Waals surface area contributed by atoms with Crippen LogP contribution in [0.5, 0.6) is 0 Å². The Bertz CT molecular complexity index is 1020. The largest absolute Gasteiger partial charge is 0.366 e. The zero-order valence-electron chi connectivity index (χ0n) is 16.6. The van der Waals surface area contributed by atoms with E-state index >= 15 is 0 Å². The Morgan fingerprint density at radius 2 is 1.71 bits per heavy atom. The van der Waals surface area contributed by atoms with Crippen molar-refractivity contribution in [3.8, 4) is 0 Å². The van der Waals surface area contributed by atoms with E-state index in [1.807, 2.05) is 26.1 Å². The van der Waals surface area contributed by atoms with Crippen molar-refractivity contribution in [2.75, 3.05) is 16.8 Å². The van der Waals surface area contributed by atoms with E-state index in [-0.39, 0.29) is 5.91 Å². The molecule has 142 valence electrons. The van der Waals surface area contributed by atoms with Crippen LogP contribution < -0.4 is 10.2 Å². The highest BCUT2D eigenvalue weighted by atomic mass is 16.1. The average molecular weight is 371 g/mol. The van der Waals surface area contributed by atoms with Crippen LogP contribution in [0.15, 0.2) is 54.9 Å². The van der Waals surface area contributed by atoms with Gasteiger partial charge in [-0.05, 0) is 55.5 Å². The number of fused-ring (bicyclic) bond motifs is 1. The monoisotopic (exact) mass is 371 g/mol. The number of amides is 1. The molecule has 0 fully saturated rings. The lowest BCUT2D eigenvalue weighted by Crippen LogP contribution is -2.30. The van der Waals surface area contributed by atoms with Crippen molar-refractivity contribution in [3.05, 3.63) is 88.2 Å². The predicted molar refractivity (Wildman–Crippen MR) is 114 cm³/mol. The molecule has 1 N–H and O–H groups in total. The van der Waals surface area contributed by atoms with Crippen molar-refractivity contribution in [2.45, 2.75) is 33.7 Å². The molecule has 3 aromatic rings. The molecular formula is C24H25N3O. The fourth-order valence-electron chi connectivity index (χ4n) is 4.00. The van der Waals surface area contributed by atoms with Gasteiger partial charge in [0.1, 0.15) is 0 Å². The molecule has 1 amide bonds. The van der Waals surface area contributed by atoms with Crippen molar-refractivity contribution in [2.24, 2.45) is 0 Å². The van der Waals surface area contributed by atoms with E-state index in [0.29, 0.717) is 5.56 Å². The van der Waals surface area contributed by atoms with Gasteiger partial charge in [-0.15, -0.1) is 0 Å². The van der Waals surface area contributed by atoms with Crippen LogP contribution in [0, 0.1) is 20.8 Å². The molecule has 2 aromatic carbocycles. The third-order valence-electron chi connectivity index (χ3n) is 5.40. The smallest absolute Gasteiger partial charge is 0.257 e. The van der Waals surface area contributed by atoms with E-state index in [9.17, 15) is 4.79 Å². The summed E-state index contributed by atoms with van der Waals surface area (Å²) in [6, 6.07) is 14.7. The number of carbonyl (C=O) groups is 1. The molecule has 0 bridgehead atoms. The minimum absolute atomic E-state index is 0.123. The van der Waals surface area contributed by atoms with Crippen molar-refractivity contribution >= 4 is 17.3 Å². The summed E-state index contributed by atoms with van der Waals surface area (Å²) in [7, 11) is 0. The molecule has 0 unspecified atom stereocenters. The van der Waals surface area contributed by atoms with Crippen LogP contribution in [0.3, 0.4) is 0 Å². The van der Waals surface area contributed by atoms with E-state index in [1.54, 1.807) is 6.20 Å². The minimum atomic E-state index is -0.123. The lowest BCUT2D eigenvalue weighted by molar-refractivity contribution is 0.102. The van der Waals surface area contributed by atoms with Gasteiger partial charge in [0, 0.05) is 25.0 Å². The normalized spacial score (nSPS) is 13.2. The number of aromatic nitrogens is 1. The number of pyridine rings is 1. The quantitative estimate of drug-likeness (QED) is 0.718. The van der Waals surface area contributed by atoms with Gasteiger partial charge in [0.15, 0.2) is 0 Å². The topological polar surface area (TPSA) is 45.2 Å². The lowest BCUT2D eigenvalue weighted by Gasteiger charge is -2.30. The van der Waals surface area contributed by atoms with Gasteiger partial charge in [-0.3, -0.25) is 9.78 Å². The van der Waals surface area contributed by atoms with Gasteiger partial charge in [0.05, 0.1) is 17.4 Å². The van der Waals surface area contributed by atoms with Crippen LogP contribution in [0.2, 0.25) is 0 Å². The SMILES string of the molecule is Cc1cc(C)c(NC(=O)c2cncc(N3CCc4ccccc4C3)c2)c(C)c1. The lowest BCUT2D eigenvalue weighted by atomic mass is 9.99. The fraction of sp³-hybridized carbons (Fsp3) is 0.250.